The van der Waals surface area contributed by atoms with Crippen molar-refractivity contribution in [2.45, 2.75) is 26.1 Å². The smallest absolute Gasteiger partial charge is 0.466 e. The van der Waals surface area contributed by atoms with E-state index >= 15 is 0 Å². The highest BCUT2D eigenvalue weighted by Gasteiger charge is 2.02. The van der Waals surface area contributed by atoms with Gasteiger partial charge in [0.25, 0.3) is 0 Å². The summed E-state index contributed by atoms with van der Waals surface area (Å²) in [6.07, 6.45) is -2.46. The Hall–Kier alpha value is -0.920. The van der Waals surface area contributed by atoms with Crippen molar-refractivity contribution < 1.29 is 68.5 Å². The van der Waals surface area contributed by atoms with Crippen molar-refractivity contribution in [3.63, 3.8) is 0 Å². The number of phosphoric acid groups is 2. The van der Waals surface area contributed by atoms with Gasteiger partial charge in [-0.1, -0.05) is 0 Å². The van der Waals surface area contributed by atoms with Crippen molar-refractivity contribution in [1.82, 2.24) is 0 Å². The molecule has 16 heteroatoms. The van der Waals surface area contributed by atoms with Crippen molar-refractivity contribution in [2.75, 3.05) is 0 Å². The van der Waals surface area contributed by atoms with Crippen molar-refractivity contribution in [3.05, 3.63) is 0 Å². The third kappa shape index (κ3) is 124. The average molecular weight is 376 g/mol. The Balaban J connectivity index is -0.0000000986. The summed E-state index contributed by atoms with van der Waals surface area (Å²) in [5, 5.41) is 31.5. The number of hydrogen-bond donors (Lipinski definition) is 10. The molecule has 2 unspecified atom stereocenters. The molecule has 0 bridgehead atoms. The Morgan fingerprint density at radius 3 is 0.727 bits per heavy atom. The van der Waals surface area contributed by atoms with Gasteiger partial charge in [0.2, 0.25) is 0 Å². The van der Waals surface area contributed by atoms with Gasteiger partial charge < -0.3 is 49.8 Å². The summed E-state index contributed by atoms with van der Waals surface area (Å²) in [6.45, 7) is 2.39. The Morgan fingerprint density at radius 1 is 0.682 bits per heavy atom. The predicted molar refractivity (Wildman–Crippen MR) is 67.2 cm³/mol. The van der Waals surface area contributed by atoms with E-state index in [1.165, 1.54) is 13.8 Å². The maximum absolute atomic E-state index is 9.45. The first-order valence-electron chi connectivity index (χ1n) is 4.67. The van der Waals surface area contributed by atoms with E-state index in [1.54, 1.807) is 0 Å². The number of rotatable bonds is 2. The van der Waals surface area contributed by atoms with E-state index in [0.717, 1.165) is 0 Å². The lowest BCUT2D eigenvalue weighted by molar-refractivity contribution is -0.146. The Labute approximate surface area is 123 Å². The van der Waals surface area contributed by atoms with Crippen LogP contribution in [0.3, 0.4) is 0 Å². The minimum atomic E-state index is -4.64. The second-order valence-corrected chi connectivity index (χ2v) is 5.11. The lowest BCUT2D eigenvalue weighted by atomic mass is 10.4. The standard InChI is InChI=1S/2C3H6O3.2H3O4P/c2*1-2(4)3(5)6;2*1-5(2,3)4/h2*2,4H,1H3,(H,5,6);2*(H3,1,2,3,4). The molecular formula is C6H18O14P2. The maximum Gasteiger partial charge on any atom is 0.466 e. The molecule has 0 radical (unpaired) electrons. The number of carboxylic acids is 2. The van der Waals surface area contributed by atoms with Crippen LogP contribution in [0.25, 0.3) is 0 Å². The third-order valence-corrected chi connectivity index (χ3v) is 0.715. The molecule has 2 atom stereocenters. The molecule has 0 spiro atoms. The summed E-state index contributed by atoms with van der Waals surface area (Å²) in [6, 6.07) is 0. The fourth-order valence-electron chi connectivity index (χ4n) is 0. The van der Waals surface area contributed by atoms with Gasteiger partial charge in [-0.05, 0) is 13.8 Å². The molecule has 0 aliphatic carbocycles. The topological polar surface area (TPSA) is 271 Å². The number of aliphatic hydroxyl groups is 2. The average Bonchev–Trinajstić information content (AvgIpc) is 2.12. The minimum Gasteiger partial charge on any atom is -0.479 e. The summed E-state index contributed by atoms with van der Waals surface area (Å²) in [5.41, 5.74) is 0. The van der Waals surface area contributed by atoms with Gasteiger partial charge >= 0.3 is 27.6 Å². The summed E-state index contributed by atoms with van der Waals surface area (Å²) < 4.78 is 17.8. The van der Waals surface area contributed by atoms with Crippen molar-refractivity contribution >= 4 is 27.6 Å². The molecule has 0 saturated carbocycles. The molecule has 0 heterocycles. The summed E-state index contributed by atoms with van der Waals surface area (Å²) in [7, 11) is -9.28. The first kappa shape index (κ1) is 29.1. The van der Waals surface area contributed by atoms with Gasteiger partial charge in [-0.3, -0.25) is 0 Å². The lowest BCUT2D eigenvalue weighted by Crippen LogP contribution is -2.13. The molecule has 22 heavy (non-hydrogen) atoms. The van der Waals surface area contributed by atoms with Gasteiger partial charge in [-0.15, -0.1) is 0 Å². The highest BCUT2D eigenvalue weighted by molar-refractivity contribution is 7.45. The van der Waals surface area contributed by atoms with Crippen LogP contribution in [0.4, 0.5) is 0 Å². The Bertz CT molecular complexity index is 336. The lowest BCUT2D eigenvalue weighted by Gasteiger charge is -1.89. The monoisotopic (exact) mass is 376 g/mol. The van der Waals surface area contributed by atoms with E-state index in [-0.39, 0.29) is 0 Å². The molecule has 0 aromatic rings. The molecule has 0 aliphatic rings. The zero-order chi connectivity index (χ0) is 19.3. The van der Waals surface area contributed by atoms with Crippen LogP contribution in [0.2, 0.25) is 0 Å². The first-order valence-corrected chi connectivity index (χ1v) is 7.80. The van der Waals surface area contributed by atoms with Gasteiger partial charge in [0.1, 0.15) is 12.2 Å². The molecule has 10 N–H and O–H groups in total. The van der Waals surface area contributed by atoms with E-state index in [4.69, 9.17) is 58.9 Å². The van der Waals surface area contributed by atoms with Gasteiger partial charge in [0.05, 0.1) is 0 Å². The number of carbonyl (C=O) groups is 2. The van der Waals surface area contributed by atoms with Crippen molar-refractivity contribution in [2.24, 2.45) is 0 Å². The number of carboxylic acid groups (broad SMARTS) is 2. The van der Waals surface area contributed by atoms with Crippen molar-refractivity contribution in [1.29, 1.82) is 0 Å². The molecular weight excluding hydrogens is 358 g/mol. The van der Waals surface area contributed by atoms with E-state index in [1.807, 2.05) is 0 Å². The largest absolute Gasteiger partial charge is 0.479 e. The van der Waals surface area contributed by atoms with Crippen LogP contribution in [0.5, 0.6) is 0 Å². The first-order chi connectivity index (χ1) is 9.29. The molecule has 0 rings (SSSR count). The molecule has 0 aliphatic heterocycles. The second-order valence-electron chi connectivity index (χ2n) is 3.05. The van der Waals surface area contributed by atoms with E-state index in [2.05, 4.69) is 0 Å². The van der Waals surface area contributed by atoms with E-state index in [0.29, 0.717) is 0 Å². The normalized spacial score (nSPS) is 12.8. The van der Waals surface area contributed by atoms with Crippen LogP contribution in [0, 0.1) is 0 Å². The van der Waals surface area contributed by atoms with Crippen LogP contribution in [-0.4, -0.2) is 73.9 Å². The molecule has 14 nitrogen and oxygen atoms in total. The number of aliphatic carboxylic acids is 2. The quantitative estimate of drug-likeness (QED) is 0.216. The molecule has 136 valence electrons. The molecule has 0 aromatic heterocycles. The highest BCUT2D eigenvalue weighted by Crippen LogP contribution is 2.26. The highest BCUT2D eigenvalue weighted by atomic mass is 31.2. The van der Waals surface area contributed by atoms with Crippen LogP contribution in [-0.2, 0) is 18.7 Å². The summed E-state index contributed by atoms with van der Waals surface area (Å²) in [5.74, 6) is -2.37. The van der Waals surface area contributed by atoms with Crippen LogP contribution < -0.4 is 0 Å². The van der Waals surface area contributed by atoms with Crippen molar-refractivity contribution in [3.8, 4) is 0 Å². The van der Waals surface area contributed by atoms with Gasteiger partial charge in [-0.25, -0.2) is 18.7 Å². The number of hydrogen-bond acceptors (Lipinski definition) is 6. The maximum atomic E-state index is 9.45. The predicted octanol–water partition coefficient (Wildman–Crippen LogP) is -2.95. The van der Waals surface area contributed by atoms with Crippen LogP contribution >= 0.6 is 15.6 Å². The molecule has 0 aromatic carbocycles. The SMILES string of the molecule is CC(O)C(=O)O.CC(O)C(=O)O.O=P(O)(O)O.O=P(O)(O)O. The second kappa shape index (κ2) is 13.7. The zero-order valence-corrected chi connectivity index (χ0v) is 12.9. The van der Waals surface area contributed by atoms with Gasteiger partial charge in [-0.2, -0.15) is 0 Å². The van der Waals surface area contributed by atoms with E-state index < -0.39 is 39.8 Å². The molecule has 0 saturated heterocycles. The number of aliphatic hydroxyl groups excluding tert-OH is 2. The third-order valence-electron chi connectivity index (χ3n) is 0.715. The van der Waals surface area contributed by atoms with Crippen LogP contribution in [0.1, 0.15) is 13.8 Å². The Morgan fingerprint density at radius 2 is 0.727 bits per heavy atom. The Kier molecular flexibility index (Phi) is 18.2. The molecule has 0 amide bonds. The fourth-order valence-corrected chi connectivity index (χ4v) is 0. The zero-order valence-electron chi connectivity index (χ0n) is 11.2. The summed E-state index contributed by atoms with van der Waals surface area (Å²) in [4.78, 5) is 62.0. The van der Waals surface area contributed by atoms with Crippen LogP contribution in [0.15, 0.2) is 0 Å². The van der Waals surface area contributed by atoms with E-state index in [9.17, 15) is 9.59 Å². The fraction of sp³-hybridized carbons (Fsp3) is 0.667. The minimum absolute atomic E-state index is 1.19. The molecule has 0 fully saturated rings. The summed E-state index contributed by atoms with van der Waals surface area (Å²) >= 11 is 0. The van der Waals surface area contributed by atoms with Gasteiger partial charge in [0, 0.05) is 0 Å². The van der Waals surface area contributed by atoms with Gasteiger partial charge in [0.15, 0.2) is 0 Å².